The maximum atomic E-state index is 6.01. The van der Waals surface area contributed by atoms with Crippen molar-refractivity contribution in [2.75, 3.05) is 13.2 Å². The van der Waals surface area contributed by atoms with Crippen molar-refractivity contribution in [2.45, 2.75) is 59.1 Å². The SMILES string of the molecule is CCCCCCCNCc1cc(OCC)c(OCc2ccc(Cl)cc2)cc1Br. The largest absolute Gasteiger partial charge is 0.490 e. The molecule has 2 aromatic rings. The fraction of sp³-hybridized carbons (Fsp3) is 0.478. The van der Waals surface area contributed by atoms with E-state index in [0.717, 1.165) is 39.6 Å². The summed E-state index contributed by atoms with van der Waals surface area (Å²) < 4.78 is 12.9. The Hall–Kier alpha value is -1.23. The molecule has 28 heavy (non-hydrogen) atoms. The molecule has 3 nitrogen and oxygen atoms in total. The van der Waals surface area contributed by atoms with E-state index in [1.165, 1.54) is 37.7 Å². The van der Waals surface area contributed by atoms with E-state index < -0.39 is 0 Å². The van der Waals surface area contributed by atoms with Gasteiger partial charge in [-0.05, 0) is 55.3 Å². The number of benzene rings is 2. The van der Waals surface area contributed by atoms with E-state index >= 15 is 0 Å². The van der Waals surface area contributed by atoms with Crippen molar-refractivity contribution in [3.05, 3.63) is 57.0 Å². The minimum Gasteiger partial charge on any atom is -0.490 e. The van der Waals surface area contributed by atoms with Crippen LogP contribution in [0.5, 0.6) is 11.5 Å². The summed E-state index contributed by atoms with van der Waals surface area (Å²) >= 11 is 9.62. The van der Waals surface area contributed by atoms with Crippen LogP contribution in [-0.2, 0) is 13.2 Å². The fourth-order valence-corrected chi connectivity index (χ4v) is 3.50. The summed E-state index contributed by atoms with van der Waals surface area (Å²) in [5, 5.41) is 4.26. The van der Waals surface area contributed by atoms with E-state index in [-0.39, 0.29) is 0 Å². The third-order valence-corrected chi connectivity index (χ3v) is 5.48. The molecule has 0 aliphatic heterocycles. The highest BCUT2D eigenvalue weighted by Gasteiger charge is 2.11. The van der Waals surface area contributed by atoms with Gasteiger partial charge in [0.25, 0.3) is 0 Å². The maximum Gasteiger partial charge on any atom is 0.162 e. The van der Waals surface area contributed by atoms with Gasteiger partial charge in [0.05, 0.1) is 6.61 Å². The first-order chi connectivity index (χ1) is 13.6. The molecule has 0 unspecified atom stereocenters. The molecule has 0 aromatic heterocycles. The lowest BCUT2D eigenvalue weighted by Gasteiger charge is -2.15. The summed E-state index contributed by atoms with van der Waals surface area (Å²) in [5.41, 5.74) is 2.24. The molecular formula is C23H31BrClNO2. The molecule has 0 radical (unpaired) electrons. The summed E-state index contributed by atoms with van der Waals surface area (Å²) in [6.07, 6.45) is 6.46. The number of rotatable bonds is 13. The third kappa shape index (κ3) is 8.02. The van der Waals surface area contributed by atoms with E-state index in [9.17, 15) is 0 Å². The Morgan fingerprint density at radius 1 is 0.929 bits per heavy atom. The van der Waals surface area contributed by atoms with E-state index in [2.05, 4.69) is 34.2 Å². The maximum absolute atomic E-state index is 6.01. The number of hydrogen-bond acceptors (Lipinski definition) is 3. The van der Waals surface area contributed by atoms with Gasteiger partial charge in [-0.1, -0.05) is 72.3 Å². The van der Waals surface area contributed by atoms with Gasteiger partial charge in [-0.2, -0.15) is 0 Å². The van der Waals surface area contributed by atoms with Gasteiger partial charge < -0.3 is 14.8 Å². The number of halogens is 2. The molecule has 0 aliphatic rings. The van der Waals surface area contributed by atoms with Crippen LogP contribution in [-0.4, -0.2) is 13.2 Å². The van der Waals surface area contributed by atoms with Gasteiger partial charge in [-0.15, -0.1) is 0 Å². The van der Waals surface area contributed by atoms with Crippen molar-refractivity contribution in [3.63, 3.8) is 0 Å². The van der Waals surface area contributed by atoms with Crippen LogP contribution in [0.15, 0.2) is 40.9 Å². The highest BCUT2D eigenvalue weighted by atomic mass is 79.9. The summed E-state index contributed by atoms with van der Waals surface area (Å²) in [5.74, 6) is 1.52. The molecule has 154 valence electrons. The van der Waals surface area contributed by atoms with Crippen molar-refractivity contribution in [2.24, 2.45) is 0 Å². The Morgan fingerprint density at radius 3 is 2.36 bits per heavy atom. The summed E-state index contributed by atoms with van der Waals surface area (Å²) in [6.45, 7) is 7.15. The lowest BCUT2D eigenvalue weighted by molar-refractivity contribution is 0.269. The molecule has 0 aliphatic carbocycles. The normalized spacial score (nSPS) is 10.9. The first kappa shape index (κ1) is 23.1. The van der Waals surface area contributed by atoms with E-state index in [0.29, 0.717) is 13.2 Å². The average Bonchev–Trinajstić information content (AvgIpc) is 2.69. The zero-order valence-corrected chi connectivity index (χ0v) is 19.2. The number of ether oxygens (including phenoxy) is 2. The Bertz CT molecular complexity index is 706. The van der Waals surface area contributed by atoms with Crippen LogP contribution >= 0.6 is 27.5 Å². The van der Waals surface area contributed by atoms with Gasteiger partial charge in [0.1, 0.15) is 6.61 Å². The molecule has 0 spiro atoms. The van der Waals surface area contributed by atoms with Crippen LogP contribution in [0.3, 0.4) is 0 Å². The van der Waals surface area contributed by atoms with Crippen molar-refractivity contribution in [1.82, 2.24) is 5.32 Å². The minimum atomic E-state index is 0.471. The van der Waals surface area contributed by atoms with E-state index in [1.54, 1.807) is 0 Å². The third-order valence-electron chi connectivity index (χ3n) is 4.49. The number of hydrogen-bond donors (Lipinski definition) is 1. The van der Waals surface area contributed by atoms with Gasteiger partial charge >= 0.3 is 0 Å². The number of nitrogens with one attached hydrogen (secondary N) is 1. The highest BCUT2D eigenvalue weighted by Crippen LogP contribution is 2.34. The lowest BCUT2D eigenvalue weighted by Crippen LogP contribution is -2.15. The Morgan fingerprint density at radius 2 is 1.64 bits per heavy atom. The van der Waals surface area contributed by atoms with Gasteiger partial charge in [0.2, 0.25) is 0 Å². The zero-order valence-electron chi connectivity index (χ0n) is 16.9. The Balaban J connectivity index is 1.93. The summed E-state index contributed by atoms with van der Waals surface area (Å²) in [4.78, 5) is 0. The summed E-state index contributed by atoms with van der Waals surface area (Å²) in [6, 6.07) is 11.7. The molecule has 0 atom stereocenters. The van der Waals surface area contributed by atoms with Crippen molar-refractivity contribution in [1.29, 1.82) is 0 Å². The first-order valence-corrected chi connectivity index (χ1v) is 11.3. The topological polar surface area (TPSA) is 30.5 Å². The van der Waals surface area contributed by atoms with Crippen molar-refractivity contribution < 1.29 is 9.47 Å². The smallest absolute Gasteiger partial charge is 0.162 e. The van der Waals surface area contributed by atoms with Crippen LogP contribution in [0, 0.1) is 0 Å². The van der Waals surface area contributed by atoms with Crippen LogP contribution in [0.25, 0.3) is 0 Å². The molecule has 0 bridgehead atoms. The average molecular weight is 469 g/mol. The quantitative estimate of drug-likeness (QED) is 0.317. The molecule has 2 aromatic carbocycles. The molecule has 0 saturated heterocycles. The van der Waals surface area contributed by atoms with Gasteiger partial charge in [-0.25, -0.2) is 0 Å². The fourth-order valence-electron chi connectivity index (χ4n) is 2.91. The van der Waals surface area contributed by atoms with Crippen LogP contribution < -0.4 is 14.8 Å². The molecule has 5 heteroatoms. The van der Waals surface area contributed by atoms with Crippen LogP contribution in [0.4, 0.5) is 0 Å². The number of unbranched alkanes of at least 4 members (excludes halogenated alkanes) is 4. The molecule has 0 fully saturated rings. The van der Waals surface area contributed by atoms with Crippen molar-refractivity contribution >= 4 is 27.5 Å². The summed E-state index contributed by atoms with van der Waals surface area (Å²) in [7, 11) is 0. The van der Waals surface area contributed by atoms with Gasteiger partial charge in [-0.3, -0.25) is 0 Å². The molecule has 1 N–H and O–H groups in total. The lowest BCUT2D eigenvalue weighted by atomic mass is 10.1. The van der Waals surface area contributed by atoms with Crippen molar-refractivity contribution in [3.8, 4) is 11.5 Å². The first-order valence-electron chi connectivity index (χ1n) is 10.2. The van der Waals surface area contributed by atoms with Crippen LogP contribution in [0.2, 0.25) is 5.02 Å². The standard InChI is InChI=1S/C23H31BrClNO2/c1-3-5-6-7-8-13-26-16-19-14-22(27-4-2)23(15-21(19)24)28-17-18-9-11-20(25)12-10-18/h9-12,14-15,26H,3-8,13,16-17H2,1-2H3. The van der Waals surface area contributed by atoms with E-state index in [4.69, 9.17) is 21.1 Å². The molecule has 0 amide bonds. The monoisotopic (exact) mass is 467 g/mol. The predicted molar refractivity (Wildman–Crippen MR) is 122 cm³/mol. The Kier molecular flexibility index (Phi) is 10.8. The highest BCUT2D eigenvalue weighted by molar-refractivity contribution is 9.10. The van der Waals surface area contributed by atoms with E-state index in [1.807, 2.05) is 37.3 Å². The second kappa shape index (κ2) is 13.1. The second-order valence-corrected chi connectivity index (χ2v) is 8.12. The molecular weight excluding hydrogens is 438 g/mol. The molecule has 0 heterocycles. The second-order valence-electron chi connectivity index (χ2n) is 6.83. The minimum absolute atomic E-state index is 0.471. The molecule has 0 saturated carbocycles. The molecule has 2 rings (SSSR count). The predicted octanol–water partition coefficient (Wildman–Crippen LogP) is 7.14. The van der Waals surface area contributed by atoms with Gasteiger partial charge in [0.15, 0.2) is 11.5 Å². The van der Waals surface area contributed by atoms with Gasteiger partial charge in [0, 0.05) is 16.0 Å². The zero-order chi connectivity index (χ0) is 20.2. The van der Waals surface area contributed by atoms with Crippen LogP contribution in [0.1, 0.15) is 57.1 Å². The Labute approximate surface area is 182 Å².